The van der Waals surface area contributed by atoms with E-state index >= 15 is 0 Å². The predicted molar refractivity (Wildman–Crippen MR) is 135 cm³/mol. The molecule has 4 rings (SSSR count). The number of hydrogen-bond acceptors (Lipinski definition) is 3. The zero-order chi connectivity index (χ0) is 24.8. The van der Waals surface area contributed by atoms with E-state index in [1.165, 1.54) is 24.3 Å². The maximum absolute atomic E-state index is 14.0. The molecular formula is C28H26FN3O3. The lowest BCUT2D eigenvalue weighted by molar-refractivity contribution is -0.116. The molecule has 3 N–H and O–H groups in total. The van der Waals surface area contributed by atoms with Gasteiger partial charge in [-0.25, -0.2) is 4.39 Å². The van der Waals surface area contributed by atoms with Crippen molar-refractivity contribution in [2.75, 3.05) is 16.0 Å². The lowest BCUT2D eigenvalue weighted by Gasteiger charge is -2.15. The van der Waals surface area contributed by atoms with E-state index in [2.05, 4.69) is 28.1 Å². The summed E-state index contributed by atoms with van der Waals surface area (Å²) >= 11 is 0. The Labute approximate surface area is 203 Å². The van der Waals surface area contributed by atoms with Crippen LogP contribution in [0.15, 0.2) is 78.9 Å². The van der Waals surface area contributed by atoms with Gasteiger partial charge < -0.3 is 16.0 Å². The number of aryl methyl sites for hydroxylation is 1. The number of allylic oxidation sites excluding steroid dienone is 2. The number of carbonyl (C=O) groups is 3. The Morgan fingerprint density at radius 3 is 2.26 bits per heavy atom. The van der Waals surface area contributed by atoms with Crippen molar-refractivity contribution < 1.29 is 18.8 Å². The van der Waals surface area contributed by atoms with Crippen LogP contribution in [0.4, 0.5) is 21.5 Å². The van der Waals surface area contributed by atoms with Gasteiger partial charge in [0.15, 0.2) is 0 Å². The number of amides is 3. The van der Waals surface area contributed by atoms with Crippen molar-refractivity contribution in [2.45, 2.75) is 26.2 Å². The Morgan fingerprint density at radius 2 is 1.54 bits per heavy atom. The smallest absolute Gasteiger partial charge is 0.258 e. The quantitative estimate of drug-likeness (QED) is 0.373. The number of halogens is 1. The Balaban J connectivity index is 1.47. The molecule has 178 valence electrons. The lowest BCUT2D eigenvalue weighted by Crippen LogP contribution is -2.19. The molecule has 0 aliphatic heterocycles. The third-order valence-corrected chi connectivity index (χ3v) is 5.88. The Hall–Kier alpha value is -4.26. The summed E-state index contributed by atoms with van der Waals surface area (Å²) in [7, 11) is 0. The van der Waals surface area contributed by atoms with Crippen LogP contribution in [-0.2, 0) is 4.79 Å². The maximum Gasteiger partial charge on any atom is 0.258 e. The van der Waals surface area contributed by atoms with Crippen molar-refractivity contribution in [1.82, 2.24) is 0 Å². The summed E-state index contributed by atoms with van der Waals surface area (Å²) in [5, 5.41) is 8.39. The molecule has 3 aromatic rings. The van der Waals surface area contributed by atoms with Gasteiger partial charge in [0.25, 0.3) is 11.8 Å². The average Bonchev–Trinajstić information content (AvgIpc) is 3.34. The van der Waals surface area contributed by atoms with E-state index in [9.17, 15) is 18.8 Å². The summed E-state index contributed by atoms with van der Waals surface area (Å²) in [6.45, 7) is 1.78. The Morgan fingerprint density at radius 1 is 0.857 bits per heavy atom. The molecule has 6 nitrogen and oxygen atoms in total. The van der Waals surface area contributed by atoms with Crippen molar-refractivity contribution in [3.05, 3.63) is 101 Å². The minimum Gasteiger partial charge on any atom is -0.324 e. The second kappa shape index (κ2) is 10.8. The Kier molecular flexibility index (Phi) is 7.35. The normalized spacial score (nSPS) is 14.4. The van der Waals surface area contributed by atoms with Gasteiger partial charge in [0.1, 0.15) is 5.82 Å². The van der Waals surface area contributed by atoms with Crippen molar-refractivity contribution >= 4 is 34.8 Å². The summed E-state index contributed by atoms with van der Waals surface area (Å²) in [6.07, 6.45) is 6.49. The molecule has 0 spiro atoms. The van der Waals surface area contributed by atoms with Crippen molar-refractivity contribution in [1.29, 1.82) is 0 Å². The first-order valence-corrected chi connectivity index (χ1v) is 11.4. The lowest BCUT2D eigenvalue weighted by atomic mass is 10.0. The first-order valence-electron chi connectivity index (χ1n) is 11.4. The van der Waals surface area contributed by atoms with E-state index < -0.39 is 17.6 Å². The predicted octanol–water partition coefficient (Wildman–Crippen LogP) is 5.93. The molecule has 1 aliphatic carbocycles. The van der Waals surface area contributed by atoms with Crippen molar-refractivity contribution in [3.63, 3.8) is 0 Å². The van der Waals surface area contributed by atoms with Gasteiger partial charge in [0.2, 0.25) is 5.91 Å². The fraction of sp³-hybridized carbons (Fsp3) is 0.179. The largest absolute Gasteiger partial charge is 0.324 e. The topological polar surface area (TPSA) is 87.3 Å². The minimum atomic E-state index is -0.626. The SMILES string of the molecule is Cc1ccc(C(=O)Nc2ccccc2NC(=O)CC2C=CCC2)cc1NC(=O)c1ccccc1F. The highest BCUT2D eigenvalue weighted by atomic mass is 19.1. The minimum absolute atomic E-state index is 0.0838. The second-order valence-corrected chi connectivity index (χ2v) is 8.48. The summed E-state index contributed by atoms with van der Waals surface area (Å²) < 4.78 is 14.0. The van der Waals surface area contributed by atoms with Crippen LogP contribution in [-0.4, -0.2) is 17.7 Å². The molecule has 7 heteroatoms. The zero-order valence-corrected chi connectivity index (χ0v) is 19.3. The van der Waals surface area contributed by atoms with Gasteiger partial charge in [-0.1, -0.05) is 42.5 Å². The second-order valence-electron chi connectivity index (χ2n) is 8.48. The number of carbonyl (C=O) groups excluding carboxylic acids is 3. The van der Waals surface area contributed by atoms with Crippen LogP contribution in [0.2, 0.25) is 0 Å². The van der Waals surface area contributed by atoms with Crippen LogP contribution >= 0.6 is 0 Å². The molecule has 0 saturated carbocycles. The zero-order valence-electron chi connectivity index (χ0n) is 19.3. The third kappa shape index (κ3) is 6.00. The van der Waals surface area contributed by atoms with Crippen LogP contribution in [0.5, 0.6) is 0 Å². The molecular weight excluding hydrogens is 445 g/mol. The van der Waals surface area contributed by atoms with Crippen LogP contribution in [0.1, 0.15) is 45.5 Å². The number of para-hydroxylation sites is 2. The van der Waals surface area contributed by atoms with E-state index in [1.54, 1.807) is 49.4 Å². The number of hydrogen-bond donors (Lipinski definition) is 3. The molecule has 0 saturated heterocycles. The van der Waals surface area contributed by atoms with Crippen LogP contribution in [0, 0.1) is 18.7 Å². The fourth-order valence-corrected chi connectivity index (χ4v) is 3.93. The molecule has 3 amide bonds. The first kappa shape index (κ1) is 23.9. The maximum atomic E-state index is 14.0. The summed E-state index contributed by atoms with van der Waals surface area (Å²) in [6, 6.07) is 17.6. The number of nitrogens with one attached hydrogen (secondary N) is 3. The van der Waals surface area contributed by atoms with E-state index in [0.29, 0.717) is 29.0 Å². The molecule has 0 aromatic heterocycles. The molecule has 1 atom stereocenters. The molecule has 35 heavy (non-hydrogen) atoms. The van der Waals surface area contributed by atoms with Gasteiger partial charge in [0.05, 0.1) is 16.9 Å². The van der Waals surface area contributed by atoms with E-state index in [-0.39, 0.29) is 17.4 Å². The highest BCUT2D eigenvalue weighted by molar-refractivity contribution is 6.09. The van der Waals surface area contributed by atoms with E-state index in [4.69, 9.17) is 0 Å². The summed E-state index contributed by atoms with van der Waals surface area (Å²) in [5.41, 5.74) is 2.31. The van der Waals surface area contributed by atoms with Crippen LogP contribution in [0.3, 0.4) is 0 Å². The van der Waals surface area contributed by atoms with Crippen LogP contribution in [0.25, 0.3) is 0 Å². The standard InChI is InChI=1S/C28H26FN3O3/c1-18-14-15-20(17-25(18)32-28(35)21-10-4-5-11-22(21)29)27(34)31-24-13-7-6-12-23(24)30-26(33)16-19-8-2-3-9-19/h2,4-8,10-15,17,19H,3,9,16H2,1H3,(H,30,33)(H,31,34)(H,32,35). The number of benzene rings is 3. The highest BCUT2D eigenvalue weighted by Gasteiger charge is 2.17. The monoisotopic (exact) mass is 471 g/mol. The number of rotatable bonds is 7. The van der Waals surface area contributed by atoms with E-state index in [0.717, 1.165) is 18.4 Å². The summed E-state index contributed by atoms with van der Waals surface area (Å²) in [4.78, 5) is 38.0. The van der Waals surface area contributed by atoms with Gasteiger partial charge in [-0.3, -0.25) is 14.4 Å². The third-order valence-electron chi connectivity index (χ3n) is 5.88. The van der Waals surface area contributed by atoms with Gasteiger partial charge in [-0.2, -0.15) is 0 Å². The Bertz CT molecular complexity index is 1300. The molecule has 0 heterocycles. The van der Waals surface area contributed by atoms with Crippen molar-refractivity contribution in [2.24, 2.45) is 5.92 Å². The number of anilines is 3. The van der Waals surface area contributed by atoms with E-state index in [1.807, 2.05) is 0 Å². The van der Waals surface area contributed by atoms with Gasteiger partial charge in [-0.05, 0) is 67.6 Å². The van der Waals surface area contributed by atoms with Gasteiger partial charge in [-0.15, -0.1) is 0 Å². The average molecular weight is 472 g/mol. The van der Waals surface area contributed by atoms with Crippen molar-refractivity contribution in [3.8, 4) is 0 Å². The van der Waals surface area contributed by atoms with Gasteiger partial charge >= 0.3 is 0 Å². The molecule has 0 bridgehead atoms. The first-order chi connectivity index (χ1) is 16.9. The molecule has 0 radical (unpaired) electrons. The molecule has 1 unspecified atom stereocenters. The van der Waals surface area contributed by atoms with Gasteiger partial charge in [0, 0.05) is 17.7 Å². The molecule has 0 fully saturated rings. The van der Waals surface area contributed by atoms with Crippen LogP contribution < -0.4 is 16.0 Å². The molecule has 3 aromatic carbocycles. The highest BCUT2D eigenvalue weighted by Crippen LogP contribution is 2.26. The molecule has 1 aliphatic rings. The fourth-order valence-electron chi connectivity index (χ4n) is 3.93. The summed E-state index contributed by atoms with van der Waals surface area (Å²) in [5.74, 6) is -1.51.